The van der Waals surface area contributed by atoms with E-state index in [-0.39, 0.29) is 16.7 Å². The second-order valence-corrected chi connectivity index (χ2v) is 16.2. The third kappa shape index (κ3) is 7.36. The maximum absolute atomic E-state index is 12.8. The van der Waals surface area contributed by atoms with E-state index in [0.717, 1.165) is 49.0 Å². The van der Waals surface area contributed by atoms with Gasteiger partial charge in [-0.3, -0.25) is 4.79 Å². The molecule has 0 unspecified atom stereocenters. The van der Waals surface area contributed by atoms with Crippen LogP contribution < -0.4 is 10.2 Å². The lowest BCUT2D eigenvalue weighted by Gasteiger charge is -2.27. The Kier molecular flexibility index (Phi) is 11.3. The van der Waals surface area contributed by atoms with E-state index in [1.165, 1.54) is 61.7 Å². The summed E-state index contributed by atoms with van der Waals surface area (Å²) in [7, 11) is 2.16. The van der Waals surface area contributed by atoms with E-state index < -0.39 is 0 Å². The van der Waals surface area contributed by atoms with Crippen LogP contribution in [0.1, 0.15) is 83.1 Å². The Balaban J connectivity index is 1.03. The molecule has 0 atom stereocenters. The molecule has 3 aromatic carbocycles. The molecule has 3 heterocycles. The monoisotopic (exact) mass is 718 g/mol. The summed E-state index contributed by atoms with van der Waals surface area (Å²) in [6, 6.07) is 19.7. The minimum atomic E-state index is -0.111. The Bertz CT molecular complexity index is 2030. The van der Waals surface area contributed by atoms with Crippen LogP contribution in [0, 0.1) is 0 Å². The Hall–Kier alpha value is -4.01. The van der Waals surface area contributed by atoms with Gasteiger partial charge in [-0.05, 0) is 74.4 Å². The topological polar surface area (TPSA) is 61.1 Å². The molecule has 2 aliphatic rings. The van der Waals surface area contributed by atoms with Crippen molar-refractivity contribution in [2.45, 2.75) is 89.4 Å². The lowest BCUT2D eigenvalue weighted by atomic mass is 9.81. The van der Waals surface area contributed by atoms with Crippen molar-refractivity contribution in [3.8, 4) is 0 Å². The van der Waals surface area contributed by atoms with Gasteiger partial charge in [0.1, 0.15) is 18.1 Å². The Morgan fingerprint density at radius 2 is 1.67 bits per heavy atom. The number of allylic oxidation sites excluding steroid dienone is 6. The number of benzene rings is 3. The van der Waals surface area contributed by atoms with E-state index in [1.807, 2.05) is 11.8 Å². The van der Waals surface area contributed by atoms with E-state index in [9.17, 15) is 4.79 Å². The molecule has 6 nitrogen and oxygen atoms in total. The fraction of sp³-hybridized carbons (Fsp3) is 0.395. The highest BCUT2D eigenvalue weighted by molar-refractivity contribution is 7.99. The maximum Gasteiger partial charge on any atom is 0.220 e. The molecular weight excluding hydrogens is 667 g/mol. The van der Waals surface area contributed by atoms with Crippen molar-refractivity contribution in [3.63, 3.8) is 0 Å². The van der Waals surface area contributed by atoms with Gasteiger partial charge in [0.05, 0.1) is 17.1 Å². The molecule has 0 bridgehead atoms. The molecular formula is C43H52N5OS2+. The summed E-state index contributed by atoms with van der Waals surface area (Å²) in [5, 5.41) is 3.16. The van der Waals surface area contributed by atoms with Crippen molar-refractivity contribution in [2.75, 3.05) is 30.8 Å². The zero-order valence-corrected chi connectivity index (χ0v) is 32.9. The van der Waals surface area contributed by atoms with Gasteiger partial charge >= 0.3 is 0 Å². The van der Waals surface area contributed by atoms with E-state index in [1.54, 1.807) is 0 Å². The number of hydrogen-bond donors (Lipinski definition) is 1. The molecule has 0 aliphatic carbocycles. The molecule has 0 spiro atoms. The number of hydrogen-bond acceptors (Lipinski definition) is 6. The van der Waals surface area contributed by atoms with E-state index in [2.05, 4.69) is 157 Å². The molecule has 51 heavy (non-hydrogen) atoms. The molecule has 8 heteroatoms. The Labute approximate surface area is 312 Å². The fourth-order valence-electron chi connectivity index (χ4n) is 7.80. The highest BCUT2D eigenvalue weighted by Gasteiger charge is 2.42. The van der Waals surface area contributed by atoms with Crippen LogP contribution in [0.2, 0.25) is 0 Å². The lowest BCUT2D eigenvalue weighted by molar-refractivity contribution is -0.401. The van der Waals surface area contributed by atoms with Crippen LogP contribution in [0.25, 0.3) is 11.0 Å². The molecule has 4 aromatic rings. The normalized spacial score (nSPS) is 17.0. The fourth-order valence-corrected chi connectivity index (χ4v) is 9.47. The van der Waals surface area contributed by atoms with E-state index in [0.29, 0.717) is 13.0 Å². The number of thioether (sulfide) groups is 1. The van der Waals surface area contributed by atoms with Crippen molar-refractivity contribution in [2.24, 2.45) is 0 Å². The third-order valence-electron chi connectivity index (χ3n) is 10.6. The molecule has 0 saturated carbocycles. The van der Waals surface area contributed by atoms with Gasteiger partial charge in [-0.1, -0.05) is 82.3 Å². The van der Waals surface area contributed by atoms with Crippen LogP contribution in [0.5, 0.6) is 0 Å². The van der Waals surface area contributed by atoms with Crippen molar-refractivity contribution in [1.29, 1.82) is 0 Å². The number of nitrogens with one attached hydrogen (secondary N) is 1. The minimum Gasteiger partial charge on any atom is -0.355 e. The van der Waals surface area contributed by atoms with Crippen LogP contribution in [0.4, 0.5) is 11.4 Å². The first-order chi connectivity index (χ1) is 24.6. The van der Waals surface area contributed by atoms with Crippen molar-refractivity contribution in [3.05, 3.63) is 113 Å². The van der Waals surface area contributed by atoms with Crippen molar-refractivity contribution < 1.29 is 9.37 Å². The number of anilines is 1. The molecule has 266 valence electrons. The number of para-hydroxylation sites is 2. The summed E-state index contributed by atoms with van der Waals surface area (Å²) in [6.07, 6.45) is 15.2. The summed E-state index contributed by atoms with van der Waals surface area (Å²) < 4.78 is 11.4. The van der Waals surface area contributed by atoms with Crippen LogP contribution in [0.15, 0.2) is 95.6 Å². The SMILES string of the molecule is CCc1cc(SCCNC(=O)CCCCN2/C(=C/C=C/C=C/C3=[N+](C)c4ccccc4C3(C)C)C(C)(C)c3ccccc32)c(CC)c2nsnc12. The molecule has 0 saturated heterocycles. The first-order valence-corrected chi connectivity index (χ1v) is 20.1. The number of carbonyl (C=O) groups excluding carboxylic acids is 1. The predicted octanol–water partition coefficient (Wildman–Crippen LogP) is 9.69. The van der Waals surface area contributed by atoms with E-state index in [4.69, 9.17) is 0 Å². The van der Waals surface area contributed by atoms with Gasteiger partial charge in [-0.2, -0.15) is 13.3 Å². The second-order valence-electron chi connectivity index (χ2n) is 14.5. The van der Waals surface area contributed by atoms with Gasteiger partial charge in [-0.25, -0.2) is 0 Å². The molecule has 1 N–H and O–H groups in total. The average molecular weight is 719 g/mol. The molecule has 0 fully saturated rings. The lowest BCUT2D eigenvalue weighted by Crippen LogP contribution is -2.28. The summed E-state index contributed by atoms with van der Waals surface area (Å²) in [4.78, 5) is 16.5. The number of rotatable bonds is 14. The van der Waals surface area contributed by atoms with Crippen LogP contribution in [0.3, 0.4) is 0 Å². The zero-order valence-electron chi connectivity index (χ0n) is 31.3. The number of unbranched alkanes of at least 4 members (excludes halogenated alkanes) is 1. The van der Waals surface area contributed by atoms with E-state index >= 15 is 0 Å². The largest absolute Gasteiger partial charge is 0.355 e. The number of carbonyl (C=O) groups is 1. The summed E-state index contributed by atoms with van der Waals surface area (Å²) in [5.41, 5.74) is 12.3. The predicted molar refractivity (Wildman–Crippen MR) is 217 cm³/mol. The smallest absolute Gasteiger partial charge is 0.220 e. The minimum absolute atomic E-state index is 0.0387. The standard InChI is InChI=1S/C43H51N5OS2/c1-8-30-29-36(31(9-2)41-40(30)45-51-46-41)50-28-26-44-39(49)25-17-18-27-48-35-22-16-14-20-33(35)43(5,6)38(48)24-12-10-11-23-37-42(3,4)32-19-13-15-21-34(32)47(37)7/h10-16,19-24,29H,8-9,17-18,25-28H2,1-7H3/p+1. The highest BCUT2D eigenvalue weighted by Crippen LogP contribution is 2.47. The van der Waals surface area contributed by atoms with Gasteiger partial charge in [-0.15, -0.1) is 11.8 Å². The number of fused-ring (bicyclic) bond motifs is 3. The third-order valence-corrected chi connectivity index (χ3v) is 12.2. The van der Waals surface area contributed by atoms with Gasteiger partial charge in [0.2, 0.25) is 11.6 Å². The number of aryl methyl sites for hydroxylation is 2. The van der Waals surface area contributed by atoms with Crippen molar-refractivity contribution in [1.82, 2.24) is 14.1 Å². The quantitative estimate of drug-likeness (QED) is 0.0609. The molecule has 1 aromatic heterocycles. The molecule has 6 rings (SSSR count). The van der Waals surface area contributed by atoms with Crippen LogP contribution in [-0.4, -0.2) is 50.8 Å². The van der Waals surface area contributed by atoms with Gasteiger partial charge < -0.3 is 10.2 Å². The first kappa shape index (κ1) is 36.8. The van der Waals surface area contributed by atoms with Gasteiger partial charge in [0, 0.05) is 64.7 Å². The molecule has 1 amide bonds. The summed E-state index contributed by atoms with van der Waals surface area (Å²) in [6.45, 7) is 15.1. The average Bonchev–Trinajstić information content (AvgIpc) is 3.75. The number of nitrogens with zero attached hydrogens (tertiary/aromatic N) is 4. The van der Waals surface area contributed by atoms with Gasteiger partial charge in [0.25, 0.3) is 0 Å². The zero-order chi connectivity index (χ0) is 36.2. The second kappa shape index (κ2) is 15.7. The summed E-state index contributed by atoms with van der Waals surface area (Å²) >= 11 is 3.10. The van der Waals surface area contributed by atoms with Crippen molar-refractivity contribution >= 4 is 57.5 Å². The summed E-state index contributed by atoms with van der Waals surface area (Å²) in [5.74, 6) is 0.965. The number of amides is 1. The highest BCUT2D eigenvalue weighted by atomic mass is 32.2. The Morgan fingerprint density at radius 1 is 0.922 bits per heavy atom. The first-order valence-electron chi connectivity index (χ1n) is 18.4. The Morgan fingerprint density at radius 3 is 2.43 bits per heavy atom. The van der Waals surface area contributed by atoms with Crippen LogP contribution >= 0.6 is 23.5 Å². The van der Waals surface area contributed by atoms with Gasteiger partial charge in [0.15, 0.2) is 5.71 Å². The molecule has 2 aliphatic heterocycles. The maximum atomic E-state index is 12.8. The van der Waals surface area contributed by atoms with Crippen LogP contribution in [-0.2, 0) is 28.5 Å². The molecule has 0 radical (unpaired) electrons. The number of aromatic nitrogens is 2.